The predicted octanol–water partition coefficient (Wildman–Crippen LogP) is 2.00. The summed E-state index contributed by atoms with van der Waals surface area (Å²) in [6.45, 7) is 4.69. The number of thiocarbonyl (C=S) groups is 1. The van der Waals surface area contributed by atoms with E-state index < -0.39 is 0 Å². The van der Waals surface area contributed by atoms with Crippen LogP contribution < -0.4 is 11.1 Å². The second-order valence-corrected chi connectivity index (χ2v) is 3.66. The summed E-state index contributed by atoms with van der Waals surface area (Å²) in [5.74, 6) is 0. The Morgan fingerprint density at radius 3 is 2.69 bits per heavy atom. The van der Waals surface area contributed by atoms with Crippen LogP contribution in [0.25, 0.3) is 0 Å². The van der Waals surface area contributed by atoms with Crippen LogP contribution in [0.5, 0.6) is 0 Å². The molecule has 0 aliphatic carbocycles. The lowest BCUT2D eigenvalue weighted by Gasteiger charge is -2.08. The first-order chi connectivity index (χ1) is 6.09. The van der Waals surface area contributed by atoms with Gasteiger partial charge in [-0.2, -0.15) is 0 Å². The quantitative estimate of drug-likeness (QED) is 0.723. The molecule has 3 N–H and O–H groups in total. The molecule has 0 atom stereocenters. The summed E-state index contributed by atoms with van der Waals surface area (Å²) in [4.78, 5) is 0.486. The number of hydrogen-bond acceptors (Lipinski definition) is 2. The van der Waals surface area contributed by atoms with Crippen LogP contribution in [0, 0.1) is 13.8 Å². The van der Waals surface area contributed by atoms with Crippen LogP contribution in [-0.2, 0) is 0 Å². The fourth-order valence-electron chi connectivity index (χ4n) is 1.19. The van der Waals surface area contributed by atoms with Crippen molar-refractivity contribution in [2.45, 2.75) is 13.8 Å². The number of nitrogens with one attached hydrogen (secondary N) is 1. The van der Waals surface area contributed by atoms with E-state index in [4.69, 9.17) is 18.0 Å². The van der Waals surface area contributed by atoms with Gasteiger partial charge >= 0.3 is 0 Å². The van der Waals surface area contributed by atoms with E-state index in [-0.39, 0.29) is 0 Å². The van der Waals surface area contributed by atoms with Crippen molar-refractivity contribution in [1.82, 2.24) is 0 Å². The smallest absolute Gasteiger partial charge is 0.0921 e. The first-order valence-corrected chi connectivity index (χ1v) is 4.60. The maximum absolute atomic E-state index is 5.39. The molecule has 0 bridgehead atoms. The van der Waals surface area contributed by atoms with Crippen molar-refractivity contribution in [3.05, 3.63) is 29.3 Å². The Morgan fingerprint density at radius 1 is 1.46 bits per heavy atom. The van der Waals surface area contributed by atoms with Gasteiger partial charge in [-0.15, -0.1) is 0 Å². The highest BCUT2D eigenvalue weighted by molar-refractivity contribution is 7.80. The molecule has 0 heterocycles. The number of nitrogens with two attached hydrogens (primary N) is 1. The van der Waals surface area contributed by atoms with Crippen molar-refractivity contribution in [1.29, 1.82) is 0 Å². The Hall–Kier alpha value is -1.09. The van der Waals surface area contributed by atoms with Gasteiger partial charge in [0.15, 0.2) is 0 Å². The molecule has 0 fully saturated rings. The van der Waals surface area contributed by atoms with E-state index in [0.717, 1.165) is 5.69 Å². The molecule has 1 aromatic carbocycles. The van der Waals surface area contributed by atoms with E-state index in [1.54, 1.807) is 0 Å². The number of aryl methyl sites for hydroxylation is 2. The van der Waals surface area contributed by atoms with Gasteiger partial charge in [-0.05, 0) is 25.5 Å². The van der Waals surface area contributed by atoms with Crippen LogP contribution in [0.4, 0.5) is 5.69 Å². The Bertz CT molecular complexity index is 321. The van der Waals surface area contributed by atoms with Gasteiger partial charge in [0.25, 0.3) is 0 Å². The third-order valence-electron chi connectivity index (χ3n) is 1.83. The minimum absolute atomic E-state index is 0.486. The Balaban J connectivity index is 2.72. The summed E-state index contributed by atoms with van der Waals surface area (Å²) in [7, 11) is 0. The minimum atomic E-state index is 0.486. The predicted molar refractivity (Wildman–Crippen MR) is 61.2 cm³/mol. The zero-order valence-corrected chi connectivity index (χ0v) is 8.74. The molecular weight excluding hydrogens is 180 g/mol. The van der Waals surface area contributed by atoms with E-state index in [0.29, 0.717) is 11.5 Å². The van der Waals surface area contributed by atoms with Crippen LogP contribution in [0.3, 0.4) is 0 Å². The summed E-state index contributed by atoms with van der Waals surface area (Å²) < 4.78 is 0. The number of rotatable bonds is 3. The number of anilines is 1. The van der Waals surface area contributed by atoms with Crippen LogP contribution in [0.15, 0.2) is 18.2 Å². The molecule has 0 spiro atoms. The SMILES string of the molecule is Cc1ccc(NCC(N)=S)c(C)c1. The summed E-state index contributed by atoms with van der Waals surface area (Å²) in [6.07, 6.45) is 0. The maximum atomic E-state index is 5.39. The molecule has 0 unspecified atom stereocenters. The van der Waals surface area contributed by atoms with Gasteiger partial charge in [0.1, 0.15) is 0 Å². The fraction of sp³-hybridized carbons (Fsp3) is 0.300. The van der Waals surface area contributed by atoms with E-state index in [1.807, 2.05) is 6.07 Å². The Kier molecular flexibility index (Phi) is 3.25. The molecule has 70 valence electrons. The molecule has 0 aromatic heterocycles. The molecule has 0 aliphatic rings. The summed E-state index contributed by atoms with van der Waals surface area (Å²) in [6, 6.07) is 6.24. The van der Waals surface area contributed by atoms with Gasteiger partial charge in [0, 0.05) is 5.69 Å². The average Bonchev–Trinajstić information content (AvgIpc) is 2.02. The first kappa shape index (κ1) is 9.99. The molecule has 0 saturated carbocycles. The molecule has 1 rings (SSSR count). The van der Waals surface area contributed by atoms with E-state index in [1.165, 1.54) is 11.1 Å². The van der Waals surface area contributed by atoms with E-state index in [2.05, 4.69) is 31.3 Å². The minimum Gasteiger partial charge on any atom is -0.392 e. The average molecular weight is 194 g/mol. The number of hydrogen-bond donors (Lipinski definition) is 2. The molecular formula is C10H14N2S. The van der Waals surface area contributed by atoms with Gasteiger partial charge in [0.2, 0.25) is 0 Å². The first-order valence-electron chi connectivity index (χ1n) is 4.19. The molecule has 13 heavy (non-hydrogen) atoms. The lowest BCUT2D eigenvalue weighted by molar-refractivity contribution is 1.31. The standard InChI is InChI=1S/C10H14N2S/c1-7-3-4-9(8(2)5-7)12-6-10(11)13/h3-5,12H,6H2,1-2H3,(H2,11,13). The second kappa shape index (κ2) is 4.23. The van der Waals surface area contributed by atoms with Crippen LogP contribution in [0.2, 0.25) is 0 Å². The second-order valence-electron chi connectivity index (χ2n) is 3.14. The van der Waals surface area contributed by atoms with Crippen molar-refractivity contribution in [3.8, 4) is 0 Å². The lowest BCUT2D eigenvalue weighted by atomic mass is 10.1. The van der Waals surface area contributed by atoms with Crippen molar-refractivity contribution in [2.24, 2.45) is 5.73 Å². The normalized spacial score (nSPS) is 9.69. The third-order valence-corrected chi connectivity index (χ3v) is 1.98. The zero-order chi connectivity index (χ0) is 9.84. The molecule has 0 saturated heterocycles. The topological polar surface area (TPSA) is 38.0 Å². The van der Waals surface area contributed by atoms with Crippen LogP contribution >= 0.6 is 12.2 Å². The van der Waals surface area contributed by atoms with Crippen LogP contribution in [-0.4, -0.2) is 11.5 Å². The van der Waals surface area contributed by atoms with Gasteiger partial charge < -0.3 is 11.1 Å². The Morgan fingerprint density at radius 2 is 2.15 bits per heavy atom. The van der Waals surface area contributed by atoms with Gasteiger partial charge in [0.05, 0.1) is 11.5 Å². The molecule has 0 radical (unpaired) electrons. The summed E-state index contributed by atoms with van der Waals surface area (Å²) >= 11 is 4.78. The summed E-state index contributed by atoms with van der Waals surface area (Å²) in [5, 5.41) is 3.17. The molecule has 0 amide bonds. The zero-order valence-electron chi connectivity index (χ0n) is 7.92. The molecule has 3 heteroatoms. The van der Waals surface area contributed by atoms with Gasteiger partial charge in [-0.25, -0.2) is 0 Å². The van der Waals surface area contributed by atoms with E-state index in [9.17, 15) is 0 Å². The fourth-order valence-corrected chi connectivity index (χ4v) is 1.27. The van der Waals surface area contributed by atoms with Crippen LogP contribution in [0.1, 0.15) is 11.1 Å². The monoisotopic (exact) mass is 194 g/mol. The van der Waals surface area contributed by atoms with Crippen molar-refractivity contribution in [3.63, 3.8) is 0 Å². The van der Waals surface area contributed by atoms with Gasteiger partial charge in [-0.1, -0.05) is 29.9 Å². The maximum Gasteiger partial charge on any atom is 0.0921 e. The third kappa shape index (κ3) is 3.03. The highest BCUT2D eigenvalue weighted by Gasteiger charge is 1.97. The number of benzene rings is 1. The van der Waals surface area contributed by atoms with Crippen molar-refractivity contribution >= 4 is 22.9 Å². The lowest BCUT2D eigenvalue weighted by Crippen LogP contribution is -2.20. The van der Waals surface area contributed by atoms with Gasteiger partial charge in [-0.3, -0.25) is 0 Å². The highest BCUT2D eigenvalue weighted by atomic mass is 32.1. The molecule has 2 nitrogen and oxygen atoms in total. The highest BCUT2D eigenvalue weighted by Crippen LogP contribution is 2.15. The largest absolute Gasteiger partial charge is 0.392 e. The molecule has 0 aliphatic heterocycles. The van der Waals surface area contributed by atoms with Crippen molar-refractivity contribution < 1.29 is 0 Å². The molecule has 1 aromatic rings. The Labute approximate surface area is 84.1 Å². The van der Waals surface area contributed by atoms with Crippen molar-refractivity contribution in [2.75, 3.05) is 11.9 Å². The summed E-state index contributed by atoms with van der Waals surface area (Å²) in [5.41, 5.74) is 8.97. The van der Waals surface area contributed by atoms with E-state index >= 15 is 0 Å².